The number of halogens is 1. The quantitative estimate of drug-likeness (QED) is 0.863. The largest absolute Gasteiger partial charge is 0.398 e. The van der Waals surface area contributed by atoms with Crippen molar-refractivity contribution in [3.05, 3.63) is 39.8 Å². The number of hydrogen-bond donors (Lipinski definition) is 1. The average molecular weight is 324 g/mol. The highest BCUT2D eigenvalue weighted by Gasteiger charge is 2.19. The van der Waals surface area contributed by atoms with E-state index in [9.17, 15) is 0 Å². The zero-order valence-corrected chi connectivity index (χ0v) is 14.0. The van der Waals surface area contributed by atoms with Crippen LogP contribution in [-0.4, -0.2) is 11.5 Å². The number of nitrogen functional groups attached to an aromatic ring is 1. The monoisotopic (exact) mass is 323 g/mol. The number of hydrogen-bond acceptors (Lipinski definition) is 4. The number of thiazole rings is 1. The lowest BCUT2D eigenvalue weighted by atomic mass is 10.00. The third kappa shape index (κ3) is 3.50. The smallest absolute Gasteiger partial charge is 0.112 e. The van der Waals surface area contributed by atoms with E-state index in [1.165, 1.54) is 28.4 Å². The van der Waals surface area contributed by atoms with E-state index in [0.717, 1.165) is 38.0 Å². The summed E-state index contributed by atoms with van der Waals surface area (Å²) in [7, 11) is 0. The zero-order valence-electron chi connectivity index (χ0n) is 12.3. The van der Waals surface area contributed by atoms with Gasteiger partial charge >= 0.3 is 0 Å². The van der Waals surface area contributed by atoms with Crippen molar-refractivity contribution in [3.8, 4) is 0 Å². The molecule has 0 bridgehead atoms. The minimum Gasteiger partial charge on any atom is -0.398 e. The van der Waals surface area contributed by atoms with Gasteiger partial charge in [0.25, 0.3) is 0 Å². The molecule has 0 saturated heterocycles. The van der Waals surface area contributed by atoms with Gasteiger partial charge in [0.05, 0.1) is 12.2 Å². The first-order chi connectivity index (χ1) is 9.78. The van der Waals surface area contributed by atoms with Gasteiger partial charge in [-0.05, 0) is 37.0 Å². The van der Waals surface area contributed by atoms with Crippen LogP contribution in [0, 0.1) is 0 Å². The maximum Gasteiger partial charge on any atom is 0.112 e. The van der Waals surface area contributed by atoms with Gasteiger partial charge in [-0.1, -0.05) is 19.4 Å². The van der Waals surface area contributed by atoms with Crippen molar-refractivity contribution in [2.75, 3.05) is 17.2 Å². The third-order valence-electron chi connectivity index (χ3n) is 3.81. The molecule has 0 amide bonds. The van der Waals surface area contributed by atoms with E-state index < -0.39 is 0 Å². The normalized spacial score (nSPS) is 13.7. The molecule has 2 N–H and O–H groups in total. The second-order valence-corrected chi connectivity index (χ2v) is 6.30. The van der Waals surface area contributed by atoms with E-state index in [1.54, 1.807) is 11.3 Å². The van der Waals surface area contributed by atoms with E-state index in [-0.39, 0.29) is 12.4 Å². The summed E-state index contributed by atoms with van der Waals surface area (Å²) in [4.78, 5) is 7.16. The SMILES string of the molecule is CCCc1csc(CN2CCCc3c(N)cccc32)n1.Cl. The van der Waals surface area contributed by atoms with Crippen molar-refractivity contribution in [2.24, 2.45) is 0 Å². The molecule has 1 aliphatic heterocycles. The van der Waals surface area contributed by atoms with Gasteiger partial charge in [0.15, 0.2) is 0 Å². The van der Waals surface area contributed by atoms with E-state index in [4.69, 9.17) is 10.7 Å². The summed E-state index contributed by atoms with van der Waals surface area (Å²) < 4.78 is 0. The predicted octanol–water partition coefficient (Wildman–Crippen LogP) is 4.05. The minimum absolute atomic E-state index is 0. The molecule has 0 radical (unpaired) electrons. The molecular weight excluding hydrogens is 302 g/mol. The Balaban J connectivity index is 0.00000161. The summed E-state index contributed by atoms with van der Waals surface area (Å²) in [6.45, 7) is 4.20. The average Bonchev–Trinajstić information content (AvgIpc) is 2.88. The van der Waals surface area contributed by atoms with Gasteiger partial charge in [-0.3, -0.25) is 0 Å². The number of rotatable bonds is 4. The summed E-state index contributed by atoms with van der Waals surface area (Å²) in [6.07, 6.45) is 4.51. The van der Waals surface area contributed by atoms with Crippen molar-refractivity contribution in [1.29, 1.82) is 0 Å². The van der Waals surface area contributed by atoms with Crippen molar-refractivity contribution < 1.29 is 0 Å². The van der Waals surface area contributed by atoms with Crippen molar-refractivity contribution in [1.82, 2.24) is 4.98 Å². The molecule has 114 valence electrons. The lowest BCUT2D eigenvalue weighted by Gasteiger charge is -2.31. The van der Waals surface area contributed by atoms with Gasteiger partial charge in [0.1, 0.15) is 5.01 Å². The second kappa shape index (κ2) is 7.14. The molecule has 1 aromatic carbocycles. The molecular formula is C16H22ClN3S. The molecule has 0 spiro atoms. The van der Waals surface area contributed by atoms with Crippen LogP contribution in [0.4, 0.5) is 11.4 Å². The Morgan fingerprint density at radius 2 is 2.24 bits per heavy atom. The highest BCUT2D eigenvalue weighted by molar-refractivity contribution is 7.09. The number of aryl methyl sites for hydroxylation is 1. The van der Waals surface area contributed by atoms with Crippen LogP contribution in [0.2, 0.25) is 0 Å². The molecule has 2 heterocycles. The van der Waals surface area contributed by atoms with Gasteiger partial charge in [0, 0.05) is 23.3 Å². The molecule has 0 unspecified atom stereocenters. The predicted molar refractivity (Wildman–Crippen MR) is 93.6 cm³/mol. The van der Waals surface area contributed by atoms with E-state index in [1.807, 2.05) is 6.07 Å². The van der Waals surface area contributed by atoms with Gasteiger partial charge in [0.2, 0.25) is 0 Å². The van der Waals surface area contributed by atoms with Gasteiger partial charge < -0.3 is 10.6 Å². The van der Waals surface area contributed by atoms with E-state index >= 15 is 0 Å². The Kier molecular flexibility index (Phi) is 5.48. The standard InChI is InChI=1S/C16H21N3S.ClH/c1-2-5-12-11-20-16(18-12)10-19-9-4-6-13-14(17)7-3-8-15(13)19;/h3,7-8,11H,2,4-6,9-10,17H2,1H3;1H. The lowest BCUT2D eigenvalue weighted by molar-refractivity contribution is 0.689. The van der Waals surface area contributed by atoms with Crippen LogP contribution in [0.3, 0.4) is 0 Å². The summed E-state index contributed by atoms with van der Waals surface area (Å²) in [5.41, 5.74) is 10.9. The maximum absolute atomic E-state index is 6.10. The molecule has 3 nitrogen and oxygen atoms in total. The number of fused-ring (bicyclic) bond motifs is 1. The van der Waals surface area contributed by atoms with E-state index in [0.29, 0.717) is 0 Å². The molecule has 2 aromatic rings. The topological polar surface area (TPSA) is 42.1 Å². The number of nitrogens with zero attached hydrogens (tertiary/aromatic N) is 2. The molecule has 3 rings (SSSR count). The Bertz CT molecular complexity index is 597. The summed E-state index contributed by atoms with van der Waals surface area (Å²) in [5.74, 6) is 0. The Labute approximate surface area is 136 Å². The first kappa shape index (κ1) is 16.1. The highest BCUT2D eigenvalue weighted by Crippen LogP contribution is 2.32. The maximum atomic E-state index is 6.10. The lowest BCUT2D eigenvalue weighted by Crippen LogP contribution is -2.29. The van der Waals surface area contributed by atoms with Crippen LogP contribution < -0.4 is 10.6 Å². The Morgan fingerprint density at radius 1 is 1.38 bits per heavy atom. The molecule has 1 aromatic heterocycles. The summed E-state index contributed by atoms with van der Waals surface area (Å²) >= 11 is 1.78. The fourth-order valence-corrected chi connectivity index (χ4v) is 3.69. The van der Waals surface area contributed by atoms with Crippen LogP contribution >= 0.6 is 23.7 Å². The fourth-order valence-electron chi connectivity index (χ4n) is 2.85. The van der Waals surface area contributed by atoms with Crippen molar-refractivity contribution >= 4 is 35.1 Å². The molecule has 5 heteroatoms. The summed E-state index contributed by atoms with van der Waals surface area (Å²) in [6, 6.07) is 6.24. The molecule has 0 fully saturated rings. The third-order valence-corrected chi connectivity index (χ3v) is 4.70. The highest BCUT2D eigenvalue weighted by atomic mass is 35.5. The van der Waals surface area contributed by atoms with Crippen LogP contribution in [0.1, 0.15) is 36.0 Å². The van der Waals surface area contributed by atoms with Crippen LogP contribution in [0.5, 0.6) is 0 Å². The van der Waals surface area contributed by atoms with Crippen molar-refractivity contribution in [2.45, 2.75) is 39.2 Å². The van der Waals surface area contributed by atoms with Gasteiger partial charge in [-0.25, -0.2) is 4.98 Å². The van der Waals surface area contributed by atoms with Gasteiger partial charge in [-0.15, -0.1) is 23.7 Å². The Hall–Kier alpha value is -1.26. The van der Waals surface area contributed by atoms with E-state index in [2.05, 4.69) is 29.3 Å². The number of benzene rings is 1. The van der Waals surface area contributed by atoms with Gasteiger partial charge in [-0.2, -0.15) is 0 Å². The first-order valence-electron chi connectivity index (χ1n) is 7.33. The Morgan fingerprint density at radius 3 is 3.05 bits per heavy atom. The summed E-state index contributed by atoms with van der Waals surface area (Å²) in [5, 5.41) is 3.41. The molecule has 1 aliphatic rings. The molecule has 21 heavy (non-hydrogen) atoms. The number of aromatic nitrogens is 1. The first-order valence-corrected chi connectivity index (χ1v) is 8.21. The second-order valence-electron chi connectivity index (χ2n) is 5.35. The van der Waals surface area contributed by atoms with Crippen LogP contribution in [0.15, 0.2) is 23.6 Å². The number of anilines is 2. The number of nitrogens with two attached hydrogens (primary N) is 1. The molecule has 0 atom stereocenters. The minimum atomic E-state index is 0. The zero-order chi connectivity index (χ0) is 13.9. The van der Waals surface area contributed by atoms with Crippen molar-refractivity contribution in [3.63, 3.8) is 0 Å². The fraction of sp³-hybridized carbons (Fsp3) is 0.438. The molecule has 0 aliphatic carbocycles. The van der Waals surface area contributed by atoms with Crippen LogP contribution in [-0.2, 0) is 19.4 Å². The molecule has 0 saturated carbocycles. The van der Waals surface area contributed by atoms with Crippen LogP contribution in [0.25, 0.3) is 0 Å².